The SMILES string of the molecule is CNCc1ccc(-c2cccc3ncnc(N[C@H](C)c4ccccc4)c23)o1. The van der Waals surface area contributed by atoms with Gasteiger partial charge < -0.3 is 15.1 Å². The Hall–Kier alpha value is -3.18. The zero-order valence-electron chi connectivity index (χ0n) is 15.4. The molecule has 0 aliphatic carbocycles. The Labute approximate surface area is 158 Å². The highest BCUT2D eigenvalue weighted by molar-refractivity contribution is 6.00. The van der Waals surface area contributed by atoms with E-state index in [4.69, 9.17) is 4.42 Å². The van der Waals surface area contributed by atoms with Gasteiger partial charge in [0.2, 0.25) is 0 Å². The maximum Gasteiger partial charge on any atom is 0.138 e. The lowest BCUT2D eigenvalue weighted by atomic mass is 10.1. The average molecular weight is 358 g/mol. The highest BCUT2D eigenvalue weighted by Crippen LogP contribution is 2.34. The van der Waals surface area contributed by atoms with Crippen LogP contribution in [0.15, 0.2) is 71.4 Å². The molecular formula is C22H22N4O. The first-order valence-corrected chi connectivity index (χ1v) is 9.05. The van der Waals surface area contributed by atoms with E-state index in [9.17, 15) is 0 Å². The van der Waals surface area contributed by atoms with E-state index in [1.54, 1.807) is 6.33 Å². The van der Waals surface area contributed by atoms with Crippen LogP contribution in [0, 0.1) is 0 Å². The summed E-state index contributed by atoms with van der Waals surface area (Å²) in [6, 6.07) is 20.5. The van der Waals surface area contributed by atoms with Crippen molar-refractivity contribution in [3.63, 3.8) is 0 Å². The van der Waals surface area contributed by atoms with Crippen molar-refractivity contribution in [3.8, 4) is 11.3 Å². The molecule has 2 heterocycles. The molecule has 0 aliphatic rings. The van der Waals surface area contributed by atoms with Gasteiger partial charge in [0.25, 0.3) is 0 Å². The highest BCUT2D eigenvalue weighted by atomic mass is 16.3. The molecule has 4 aromatic rings. The van der Waals surface area contributed by atoms with Crippen LogP contribution in [0.3, 0.4) is 0 Å². The monoisotopic (exact) mass is 358 g/mol. The second kappa shape index (κ2) is 7.60. The number of rotatable bonds is 6. The Morgan fingerprint density at radius 3 is 2.63 bits per heavy atom. The summed E-state index contributed by atoms with van der Waals surface area (Å²) < 4.78 is 6.02. The summed E-state index contributed by atoms with van der Waals surface area (Å²) in [4.78, 5) is 8.97. The quantitative estimate of drug-likeness (QED) is 0.519. The fourth-order valence-corrected chi connectivity index (χ4v) is 3.25. The Kier molecular flexibility index (Phi) is 4.85. The van der Waals surface area contributed by atoms with Gasteiger partial charge in [0, 0.05) is 11.6 Å². The van der Waals surface area contributed by atoms with E-state index < -0.39 is 0 Å². The molecule has 0 spiro atoms. The van der Waals surface area contributed by atoms with E-state index >= 15 is 0 Å². The molecule has 4 rings (SSSR count). The second-order valence-electron chi connectivity index (χ2n) is 6.49. The molecule has 1 atom stereocenters. The van der Waals surface area contributed by atoms with Crippen molar-refractivity contribution in [1.82, 2.24) is 15.3 Å². The summed E-state index contributed by atoms with van der Waals surface area (Å²) in [6.45, 7) is 2.82. The predicted octanol–water partition coefficient (Wildman–Crippen LogP) is 4.78. The van der Waals surface area contributed by atoms with Gasteiger partial charge in [0.15, 0.2) is 0 Å². The molecule has 0 saturated carbocycles. The third-order valence-electron chi connectivity index (χ3n) is 4.59. The number of furan rings is 1. The van der Waals surface area contributed by atoms with E-state index in [0.717, 1.165) is 33.8 Å². The molecular weight excluding hydrogens is 336 g/mol. The van der Waals surface area contributed by atoms with E-state index in [-0.39, 0.29) is 6.04 Å². The standard InChI is InChI=1S/C22H22N4O/c1-15(16-7-4-3-5-8-16)26-22-21-18(9-6-10-19(21)24-14-25-22)20-12-11-17(27-20)13-23-2/h3-12,14-15,23H,13H2,1-2H3,(H,24,25,26)/t15-/m1/s1. The minimum absolute atomic E-state index is 0.119. The van der Waals surface area contributed by atoms with E-state index in [2.05, 4.69) is 39.7 Å². The Bertz CT molecular complexity index is 1040. The third-order valence-corrected chi connectivity index (χ3v) is 4.59. The van der Waals surface area contributed by atoms with Crippen molar-refractivity contribution >= 4 is 16.7 Å². The number of benzene rings is 2. The van der Waals surface area contributed by atoms with Crippen molar-refractivity contribution in [3.05, 3.63) is 78.3 Å². The van der Waals surface area contributed by atoms with Crippen LogP contribution in [0.25, 0.3) is 22.2 Å². The molecule has 2 N–H and O–H groups in total. The molecule has 27 heavy (non-hydrogen) atoms. The summed E-state index contributed by atoms with van der Waals surface area (Å²) in [5, 5.41) is 7.61. The molecule has 0 unspecified atom stereocenters. The van der Waals surface area contributed by atoms with Gasteiger partial charge in [-0.2, -0.15) is 0 Å². The van der Waals surface area contributed by atoms with Gasteiger partial charge in [0.1, 0.15) is 23.7 Å². The molecule has 2 aromatic carbocycles. The molecule has 0 radical (unpaired) electrons. The maximum atomic E-state index is 6.02. The first-order chi connectivity index (χ1) is 13.3. The maximum absolute atomic E-state index is 6.02. The topological polar surface area (TPSA) is 63.0 Å². The smallest absolute Gasteiger partial charge is 0.138 e. The van der Waals surface area contributed by atoms with Crippen LogP contribution in [-0.2, 0) is 6.54 Å². The minimum atomic E-state index is 0.119. The number of anilines is 1. The zero-order chi connectivity index (χ0) is 18.6. The van der Waals surface area contributed by atoms with Crippen molar-refractivity contribution in [2.45, 2.75) is 19.5 Å². The summed E-state index contributed by atoms with van der Waals surface area (Å²) in [5.74, 6) is 2.52. The van der Waals surface area contributed by atoms with Gasteiger partial charge in [-0.25, -0.2) is 9.97 Å². The van der Waals surface area contributed by atoms with E-state index in [0.29, 0.717) is 6.54 Å². The second-order valence-corrected chi connectivity index (χ2v) is 6.49. The van der Waals surface area contributed by atoms with Crippen LogP contribution in [0.1, 0.15) is 24.3 Å². The summed E-state index contributed by atoms with van der Waals surface area (Å²) in [5.41, 5.74) is 3.08. The number of nitrogens with one attached hydrogen (secondary N) is 2. The molecule has 0 aliphatic heterocycles. The Balaban J connectivity index is 1.77. The van der Waals surface area contributed by atoms with Gasteiger partial charge in [0.05, 0.1) is 17.4 Å². The normalized spacial score (nSPS) is 12.2. The lowest BCUT2D eigenvalue weighted by Crippen LogP contribution is -2.08. The summed E-state index contributed by atoms with van der Waals surface area (Å²) >= 11 is 0. The largest absolute Gasteiger partial charge is 0.460 e. The van der Waals surface area contributed by atoms with Crippen molar-refractivity contribution in [2.24, 2.45) is 0 Å². The fraction of sp³-hybridized carbons (Fsp3) is 0.182. The Morgan fingerprint density at radius 2 is 1.81 bits per heavy atom. The van der Waals surface area contributed by atoms with Gasteiger partial charge in [-0.15, -0.1) is 0 Å². The summed E-state index contributed by atoms with van der Waals surface area (Å²) in [7, 11) is 1.90. The molecule has 5 nitrogen and oxygen atoms in total. The molecule has 0 amide bonds. The highest BCUT2D eigenvalue weighted by Gasteiger charge is 2.15. The van der Waals surface area contributed by atoms with Gasteiger partial charge in [-0.05, 0) is 37.7 Å². The van der Waals surface area contributed by atoms with Crippen molar-refractivity contribution < 1.29 is 4.42 Å². The zero-order valence-corrected chi connectivity index (χ0v) is 15.4. The number of fused-ring (bicyclic) bond motifs is 1. The fourth-order valence-electron chi connectivity index (χ4n) is 3.25. The Morgan fingerprint density at radius 1 is 0.963 bits per heavy atom. The van der Waals surface area contributed by atoms with Crippen molar-refractivity contribution in [1.29, 1.82) is 0 Å². The molecule has 0 bridgehead atoms. The third kappa shape index (κ3) is 3.55. The van der Waals surface area contributed by atoms with Crippen LogP contribution in [0.4, 0.5) is 5.82 Å². The molecule has 0 fully saturated rings. The first kappa shape index (κ1) is 17.2. The number of hydrogen-bond donors (Lipinski definition) is 2. The van der Waals surface area contributed by atoms with Gasteiger partial charge in [-0.1, -0.05) is 42.5 Å². The van der Waals surface area contributed by atoms with Crippen molar-refractivity contribution in [2.75, 3.05) is 12.4 Å². The van der Waals surface area contributed by atoms with Gasteiger partial charge >= 0.3 is 0 Å². The van der Waals surface area contributed by atoms with E-state index in [1.165, 1.54) is 5.56 Å². The molecule has 0 saturated heterocycles. The predicted molar refractivity (Wildman–Crippen MR) is 108 cm³/mol. The number of nitrogens with zero attached hydrogens (tertiary/aromatic N) is 2. The molecule has 5 heteroatoms. The van der Waals surface area contributed by atoms with Crippen LogP contribution in [0.2, 0.25) is 0 Å². The summed E-state index contributed by atoms with van der Waals surface area (Å²) in [6.07, 6.45) is 1.60. The van der Waals surface area contributed by atoms with Crippen LogP contribution >= 0.6 is 0 Å². The molecule has 136 valence electrons. The number of aromatic nitrogens is 2. The van der Waals surface area contributed by atoms with Crippen LogP contribution in [0.5, 0.6) is 0 Å². The first-order valence-electron chi connectivity index (χ1n) is 9.05. The van der Waals surface area contributed by atoms with Gasteiger partial charge in [-0.3, -0.25) is 0 Å². The van der Waals surface area contributed by atoms with Crippen LogP contribution in [-0.4, -0.2) is 17.0 Å². The lowest BCUT2D eigenvalue weighted by Gasteiger charge is -2.17. The number of hydrogen-bond acceptors (Lipinski definition) is 5. The lowest BCUT2D eigenvalue weighted by molar-refractivity contribution is 0.507. The molecule has 2 aromatic heterocycles. The minimum Gasteiger partial charge on any atom is -0.460 e. The average Bonchev–Trinajstić information content (AvgIpc) is 3.17. The van der Waals surface area contributed by atoms with Crippen LogP contribution < -0.4 is 10.6 Å². The van der Waals surface area contributed by atoms with E-state index in [1.807, 2.05) is 55.6 Å².